The van der Waals surface area contributed by atoms with Crippen LogP contribution in [-0.4, -0.2) is 16.2 Å². The summed E-state index contributed by atoms with van der Waals surface area (Å²) in [5.41, 5.74) is 6.48. The van der Waals surface area contributed by atoms with Crippen LogP contribution in [0.15, 0.2) is 70.9 Å². The van der Waals surface area contributed by atoms with E-state index in [0.717, 1.165) is 18.5 Å². The second kappa shape index (κ2) is 6.72. The van der Waals surface area contributed by atoms with Crippen molar-refractivity contribution in [2.24, 2.45) is 4.99 Å². The van der Waals surface area contributed by atoms with Gasteiger partial charge in [0.2, 0.25) is 0 Å². The molecule has 1 aliphatic rings. The molecule has 0 saturated heterocycles. The SMILES string of the molecule is CC(C)=C1CC(C)(C)N=C1CC(c1ccccc1)c1ccccn1. The number of aliphatic imine (C=N–C) groups is 1. The molecule has 0 radical (unpaired) electrons. The first-order chi connectivity index (χ1) is 11.5. The zero-order valence-electron chi connectivity index (χ0n) is 15.1. The van der Waals surface area contributed by atoms with E-state index in [0.29, 0.717) is 0 Å². The monoisotopic (exact) mass is 318 g/mol. The van der Waals surface area contributed by atoms with Crippen LogP contribution in [0, 0.1) is 0 Å². The Balaban J connectivity index is 2.00. The van der Waals surface area contributed by atoms with Gasteiger partial charge < -0.3 is 0 Å². The van der Waals surface area contributed by atoms with Crippen molar-refractivity contribution >= 4 is 5.71 Å². The Hall–Kier alpha value is -2.22. The third kappa shape index (κ3) is 3.64. The highest BCUT2D eigenvalue weighted by Gasteiger charge is 2.31. The number of hydrogen-bond donors (Lipinski definition) is 0. The van der Waals surface area contributed by atoms with E-state index >= 15 is 0 Å². The van der Waals surface area contributed by atoms with Crippen molar-refractivity contribution in [2.45, 2.75) is 52.0 Å². The minimum absolute atomic E-state index is 0.00723. The molecule has 1 aliphatic heterocycles. The van der Waals surface area contributed by atoms with Crippen molar-refractivity contribution in [1.82, 2.24) is 4.98 Å². The lowest BCUT2D eigenvalue weighted by molar-refractivity contribution is 0.545. The third-order valence-corrected chi connectivity index (χ3v) is 4.64. The summed E-state index contributed by atoms with van der Waals surface area (Å²) in [4.78, 5) is 9.68. The van der Waals surface area contributed by atoms with E-state index in [1.165, 1.54) is 22.4 Å². The second-order valence-corrected chi connectivity index (χ2v) is 7.45. The molecule has 0 amide bonds. The van der Waals surface area contributed by atoms with Crippen LogP contribution in [0.1, 0.15) is 57.7 Å². The molecular formula is C22H26N2. The van der Waals surface area contributed by atoms with Gasteiger partial charge in [-0.1, -0.05) is 42.0 Å². The van der Waals surface area contributed by atoms with Gasteiger partial charge in [0, 0.05) is 29.9 Å². The first-order valence-corrected chi connectivity index (χ1v) is 8.67. The molecule has 2 heterocycles. The number of aromatic nitrogens is 1. The summed E-state index contributed by atoms with van der Waals surface area (Å²) in [5.74, 6) is 0.245. The Morgan fingerprint density at radius 1 is 1.04 bits per heavy atom. The predicted molar refractivity (Wildman–Crippen MR) is 102 cm³/mol. The van der Waals surface area contributed by atoms with Gasteiger partial charge >= 0.3 is 0 Å². The molecule has 2 aromatic rings. The zero-order valence-corrected chi connectivity index (χ0v) is 15.1. The maximum Gasteiger partial charge on any atom is 0.0596 e. The fourth-order valence-corrected chi connectivity index (χ4v) is 3.50. The lowest BCUT2D eigenvalue weighted by atomic mass is 9.86. The highest BCUT2D eigenvalue weighted by molar-refractivity contribution is 6.03. The molecule has 24 heavy (non-hydrogen) atoms. The lowest BCUT2D eigenvalue weighted by Gasteiger charge is -2.18. The number of benzene rings is 1. The first-order valence-electron chi connectivity index (χ1n) is 8.67. The number of hydrogen-bond acceptors (Lipinski definition) is 2. The standard InChI is InChI=1S/C22H26N2/c1-16(2)19-15-22(3,4)24-21(19)14-18(17-10-6-5-7-11-17)20-12-8-9-13-23-20/h5-13,18H,14-15H2,1-4H3. The van der Waals surface area contributed by atoms with E-state index in [4.69, 9.17) is 4.99 Å². The minimum atomic E-state index is 0.00723. The Morgan fingerprint density at radius 3 is 2.38 bits per heavy atom. The van der Waals surface area contributed by atoms with Gasteiger partial charge in [0.1, 0.15) is 0 Å². The molecule has 1 aromatic carbocycles. The molecule has 0 N–H and O–H groups in total. The van der Waals surface area contributed by atoms with Crippen molar-refractivity contribution in [3.8, 4) is 0 Å². The normalized spacial score (nSPS) is 17.5. The predicted octanol–water partition coefficient (Wildman–Crippen LogP) is 5.56. The average Bonchev–Trinajstić information content (AvgIpc) is 2.89. The van der Waals surface area contributed by atoms with Gasteiger partial charge in [-0.3, -0.25) is 9.98 Å². The summed E-state index contributed by atoms with van der Waals surface area (Å²) >= 11 is 0. The summed E-state index contributed by atoms with van der Waals surface area (Å²) in [7, 11) is 0. The second-order valence-electron chi connectivity index (χ2n) is 7.45. The summed E-state index contributed by atoms with van der Waals surface area (Å²) in [6, 6.07) is 16.8. The van der Waals surface area contributed by atoms with Crippen molar-refractivity contribution in [3.63, 3.8) is 0 Å². The molecule has 3 rings (SSSR count). The number of rotatable bonds is 4. The van der Waals surface area contributed by atoms with Crippen LogP contribution in [0.2, 0.25) is 0 Å². The molecule has 0 aliphatic carbocycles. The topological polar surface area (TPSA) is 25.2 Å². The summed E-state index contributed by atoms with van der Waals surface area (Å²) in [6.07, 6.45) is 3.83. The summed E-state index contributed by atoms with van der Waals surface area (Å²) < 4.78 is 0. The summed E-state index contributed by atoms with van der Waals surface area (Å²) in [5, 5.41) is 0. The van der Waals surface area contributed by atoms with E-state index in [-0.39, 0.29) is 11.5 Å². The molecule has 0 saturated carbocycles. The molecular weight excluding hydrogens is 292 g/mol. The molecule has 1 atom stereocenters. The van der Waals surface area contributed by atoms with E-state index in [1.54, 1.807) is 0 Å². The van der Waals surface area contributed by atoms with Crippen LogP contribution in [0.4, 0.5) is 0 Å². The number of pyridine rings is 1. The smallest absolute Gasteiger partial charge is 0.0596 e. The Labute approximate surface area is 145 Å². The van der Waals surface area contributed by atoms with Gasteiger partial charge in [0.25, 0.3) is 0 Å². The quantitative estimate of drug-likeness (QED) is 0.724. The maximum absolute atomic E-state index is 5.04. The average molecular weight is 318 g/mol. The largest absolute Gasteiger partial charge is 0.283 e. The highest BCUT2D eigenvalue weighted by Crippen LogP contribution is 2.36. The van der Waals surface area contributed by atoms with Gasteiger partial charge in [0.05, 0.1) is 5.54 Å². The fourth-order valence-electron chi connectivity index (χ4n) is 3.50. The first kappa shape index (κ1) is 16.6. The maximum atomic E-state index is 5.04. The van der Waals surface area contributed by atoms with Crippen LogP contribution in [-0.2, 0) is 0 Å². The van der Waals surface area contributed by atoms with Crippen LogP contribution < -0.4 is 0 Å². The van der Waals surface area contributed by atoms with Gasteiger partial charge in [-0.05, 0) is 57.4 Å². The van der Waals surface area contributed by atoms with E-state index in [1.807, 2.05) is 12.3 Å². The van der Waals surface area contributed by atoms with Crippen molar-refractivity contribution in [1.29, 1.82) is 0 Å². The van der Waals surface area contributed by atoms with Gasteiger partial charge in [-0.25, -0.2) is 0 Å². The molecule has 2 nitrogen and oxygen atoms in total. The van der Waals surface area contributed by atoms with Gasteiger partial charge in [-0.15, -0.1) is 0 Å². The van der Waals surface area contributed by atoms with E-state index in [2.05, 4.69) is 75.1 Å². The lowest BCUT2D eigenvalue weighted by Crippen LogP contribution is -2.11. The number of allylic oxidation sites excluding steroid dienone is 1. The van der Waals surface area contributed by atoms with E-state index < -0.39 is 0 Å². The van der Waals surface area contributed by atoms with Gasteiger partial charge in [-0.2, -0.15) is 0 Å². The molecule has 2 heteroatoms. The zero-order chi connectivity index (χ0) is 17.2. The van der Waals surface area contributed by atoms with Crippen LogP contribution in [0.5, 0.6) is 0 Å². The summed E-state index contributed by atoms with van der Waals surface area (Å²) in [6.45, 7) is 8.84. The molecule has 0 fully saturated rings. The van der Waals surface area contributed by atoms with Crippen LogP contribution in [0.25, 0.3) is 0 Å². The number of nitrogens with zero attached hydrogens (tertiary/aromatic N) is 2. The minimum Gasteiger partial charge on any atom is -0.283 e. The Morgan fingerprint density at radius 2 is 1.75 bits per heavy atom. The molecule has 1 aromatic heterocycles. The van der Waals surface area contributed by atoms with Crippen molar-refractivity contribution in [3.05, 3.63) is 77.1 Å². The third-order valence-electron chi connectivity index (χ3n) is 4.64. The Kier molecular flexibility index (Phi) is 4.66. The Bertz CT molecular complexity index is 712. The molecule has 0 spiro atoms. The van der Waals surface area contributed by atoms with E-state index in [9.17, 15) is 0 Å². The van der Waals surface area contributed by atoms with Gasteiger partial charge in [0.15, 0.2) is 0 Å². The molecule has 124 valence electrons. The molecule has 0 bridgehead atoms. The molecule has 1 unspecified atom stereocenters. The van der Waals surface area contributed by atoms with Crippen LogP contribution in [0.3, 0.4) is 0 Å². The van der Waals surface area contributed by atoms with Crippen molar-refractivity contribution in [2.75, 3.05) is 0 Å². The highest BCUT2D eigenvalue weighted by atomic mass is 14.9. The van der Waals surface area contributed by atoms with Crippen molar-refractivity contribution < 1.29 is 0 Å². The fraction of sp³-hybridized carbons (Fsp3) is 0.364. The van der Waals surface area contributed by atoms with Crippen LogP contribution >= 0.6 is 0 Å².